The number of hydrogen-bond donors (Lipinski definition) is 2. The Bertz CT molecular complexity index is 609. The standard InChI is InChI=1S/C12H12F3NO4/c1-18-9-5-7-6(3-8(16-7)11(17)19-2)4-10(9)20-12(13,14)15/h3-5,11,16-17H,1-2H3. The molecule has 0 aliphatic heterocycles. The Hall–Kier alpha value is -1.93. The monoisotopic (exact) mass is 291 g/mol. The molecule has 0 saturated heterocycles. The number of alkyl halides is 3. The molecule has 20 heavy (non-hydrogen) atoms. The molecule has 0 aliphatic carbocycles. The Balaban J connectivity index is 2.48. The lowest BCUT2D eigenvalue weighted by Crippen LogP contribution is -2.17. The van der Waals surface area contributed by atoms with Crippen molar-refractivity contribution < 1.29 is 32.5 Å². The van der Waals surface area contributed by atoms with E-state index in [-0.39, 0.29) is 5.75 Å². The van der Waals surface area contributed by atoms with E-state index in [1.54, 1.807) is 0 Å². The number of hydrogen-bond acceptors (Lipinski definition) is 4. The third kappa shape index (κ3) is 2.97. The number of halogens is 3. The summed E-state index contributed by atoms with van der Waals surface area (Å²) >= 11 is 0. The average molecular weight is 291 g/mol. The van der Waals surface area contributed by atoms with Crippen molar-refractivity contribution in [1.29, 1.82) is 0 Å². The van der Waals surface area contributed by atoms with Gasteiger partial charge in [-0.25, -0.2) is 0 Å². The quantitative estimate of drug-likeness (QED) is 0.850. The number of aromatic nitrogens is 1. The second kappa shape index (κ2) is 5.22. The first-order valence-corrected chi connectivity index (χ1v) is 5.51. The maximum absolute atomic E-state index is 12.3. The molecule has 5 nitrogen and oxygen atoms in total. The zero-order chi connectivity index (χ0) is 14.9. The first-order valence-electron chi connectivity index (χ1n) is 5.51. The van der Waals surface area contributed by atoms with Crippen molar-refractivity contribution in [3.63, 3.8) is 0 Å². The van der Waals surface area contributed by atoms with Crippen LogP contribution in [0.2, 0.25) is 0 Å². The summed E-state index contributed by atoms with van der Waals surface area (Å²) in [6.07, 6.45) is -6.01. The van der Waals surface area contributed by atoms with E-state index >= 15 is 0 Å². The highest BCUT2D eigenvalue weighted by Crippen LogP contribution is 2.36. The number of aliphatic hydroxyl groups is 1. The highest BCUT2D eigenvalue weighted by molar-refractivity contribution is 5.84. The van der Waals surface area contributed by atoms with Crippen molar-refractivity contribution in [1.82, 2.24) is 4.98 Å². The Morgan fingerprint density at radius 3 is 2.40 bits per heavy atom. The molecule has 1 heterocycles. The molecule has 0 bridgehead atoms. The van der Waals surface area contributed by atoms with Crippen molar-refractivity contribution in [3.05, 3.63) is 23.9 Å². The van der Waals surface area contributed by atoms with Crippen LogP contribution in [0.25, 0.3) is 10.9 Å². The van der Waals surface area contributed by atoms with Crippen molar-refractivity contribution >= 4 is 10.9 Å². The van der Waals surface area contributed by atoms with Gasteiger partial charge < -0.3 is 24.3 Å². The van der Waals surface area contributed by atoms with E-state index in [1.165, 1.54) is 32.4 Å². The first-order chi connectivity index (χ1) is 9.34. The molecule has 0 spiro atoms. The maximum Gasteiger partial charge on any atom is 0.573 e. The van der Waals surface area contributed by atoms with Crippen molar-refractivity contribution in [2.24, 2.45) is 0 Å². The summed E-state index contributed by atoms with van der Waals surface area (Å²) in [5.74, 6) is -0.528. The molecule has 0 amide bonds. The minimum absolute atomic E-state index is 0.0740. The normalized spacial score (nSPS) is 13.5. The van der Waals surface area contributed by atoms with Crippen LogP contribution in [-0.4, -0.2) is 30.7 Å². The number of ether oxygens (including phenoxy) is 3. The van der Waals surface area contributed by atoms with Gasteiger partial charge in [-0.2, -0.15) is 0 Å². The Morgan fingerprint density at radius 2 is 1.85 bits per heavy atom. The van der Waals surface area contributed by atoms with Gasteiger partial charge in [0.15, 0.2) is 17.8 Å². The number of fused-ring (bicyclic) bond motifs is 1. The molecule has 2 N–H and O–H groups in total. The fourth-order valence-electron chi connectivity index (χ4n) is 1.79. The highest BCUT2D eigenvalue weighted by Gasteiger charge is 2.32. The molecule has 8 heteroatoms. The summed E-state index contributed by atoms with van der Waals surface area (Å²) in [5, 5.41) is 9.94. The molecule has 2 rings (SSSR count). The predicted octanol–water partition coefficient (Wildman–Crippen LogP) is 2.71. The molecule has 0 radical (unpaired) electrons. The van der Waals surface area contributed by atoms with Gasteiger partial charge in [0.1, 0.15) is 0 Å². The summed E-state index contributed by atoms with van der Waals surface area (Å²) < 4.78 is 50.4. The first kappa shape index (κ1) is 14.5. The molecule has 1 aromatic heterocycles. The molecule has 2 aromatic rings. The summed E-state index contributed by atoms with van der Waals surface area (Å²) in [6.45, 7) is 0. The van der Waals surface area contributed by atoms with Gasteiger partial charge in [0, 0.05) is 24.1 Å². The third-order valence-electron chi connectivity index (χ3n) is 2.64. The van der Waals surface area contributed by atoms with E-state index in [9.17, 15) is 18.3 Å². The van der Waals surface area contributed by atoms with Crippen molar-refractivity contribution in [2.75, 3.05) is 14.2 Å². The SMILES string of the molecule is COc1cc2[nH]c(C(O)OC)cc2cc1OC(F)(F)F. The van der Waals surface area contributed by atoms with Gasteiger partial charge >= 0.3 is 6.36 Å². The van der Waals surface area contributed by atoms with Crippen molar-refractivity contribution in [3.8, 4) is 11.5 Å². The van der Waals surface area contributed by atoms with E-state index in [1.807, 2.05) is 0 Å². The van der Waals surface area contributed by atoms with E-state index in [4.69, 9.17) is 9.47 Å². The smallest absolute Gasteiger partial charge is 0.493 e. The second-order valence-corrected chi connectivity index (χ2v) is 3.95. The van der Waals surface area contributed by atoms with Gasteiger partial charge in [-0.1, -0.05) is 0 Å². The summed E-state index contributed by atoms with van der Waals surface area (Å²) in [6, 6.07) is 3.98. The Kier molecular flexibility index (Phi) is 3.78. The van der Waals surface area contributed by atoms with Gasteiger partial charge in [-0.3, -0.25) is 0 Å². The largest absolute Gasteiger partial charge is 0.573 e. The lowest BCUT2D eigenvalue weighted by atomic mass is 10.2. The van der Waals surface area contributed by atoms with Gasteiger partial charge in [0.05, 0.1) is 12.8 Å². The lowest BCUT2D eigenvalue weighted by Gasteiger charge is -2.12. The summed E-state index contributed by atoms with van der Waals surface area (Å²) in [7, 11) is 2.53. The molecule has 110 valence electrons. The molecule has 1 unspecified atom stereocenters. The molecule has 0 saturated carbocycles. The third-order valence-corrected chi connectivity index (χ3v) is 2.64. The van der Waals surface area contributed by atoms with Gasteiger partial charge in [-0.05, 0) is 12.1 Å². The van der Waals surface area contributed by atoms with Crippen LogP contribution < -0.4 is 9.47 Å². The zero-order valence-corrected chi connectivity index (χ0v) is 10.6. The van der Waals surface area contributed by atoms with E-state index in [2.05, 4.69) is 9.72 Å². The Labute approximate surface area is 111 Å². The fourth-order valence-corrected chi connectivity index (χ4v) is 1.79. The maximum atomic E-state index is 12.3. The number of aromatic amines is 1. The van der Waals surface area contributed by atoms with Crippen LogP contribution in [0.5, 0.6) is 11.5 Å². The second-order valence-electron chi connectivity index (χ2n) is 3.95. The van der Waals surface area contributed by atoms with Crippen LogP contribution in [0.4, 0.5) is 13.2 Å². The van der Waals surface area contributed by atoms with Gasteiger partial charge in [0.25, 0.3) is 0 Å². The average Bonchev–Trinajstić information content (AvgIpc) is 2.77. The minimum atomic E-state index is -4.81. The topological polar surface area (TPSA) is 63.7 Å². The van der Waals surface area contributed by atoms with E-state index < -0.39 is 18.4 Å². The predicted molar refractivity (Wildman–Crippen MR) is 63.5 cm³/mol. The summed E-state index contributed by atoms with van der Waals surface area (Å²) in [4.78, 5) is 2.82. The summed E-state index contributed by atoms with van der Waals surface area (Å²) in [5.41, 5.74) is 0.802. The van der Waals surface area contributed by atoms with Crippen molar-refractivity contribution in [2.45, 2.75) is 12.7 Å². The number of methoxy groups -OCH3 is 2. The highest BCUT2D eigenvalue weighted by atomic mass is 19.4. The van der Waals surface area contributed by atoms with Crippen LogP contribution in [0.15, 0.2) is 18.2 Å². The number of benzene rings is 1. The molecule has 0 fully saturated rings. The van der Waals surface area contributed by atoms with Crippen LogP contribution in [0, 0.1) is 0 Å². The van der Waals surface area contributed by atoms with Gasteiger partial charge in [-0.15, -0.1) is 13.2 Å². The van der Waals surface area contributed by atoms with E-state index in [0.717, 1.165) is 0 Å². The van der Waals surface area contributed by atoms with Crippen LogP contribution in [0.1, 0.15) is 12.0 Å². The van der Waals surface area contributed by atoms with E-state index in [0.29, 0.717) is 16.6 Å². The molecule has 1 atom stereocenters. The molecule has 0 aliphatic rings. The number of rotatable bonds is 4. The lowest BCUT2D eigenvalue weighted by molar-refractivity contribution is -0.275. The number of nitrogens with one attached hydrogen (secondary N) is 1. The number of aliphatic hydroxyl groups excluding tert-OH is 1. The van der Waals surface area contributed by atoms with Gasteiger partial charge in [0.2, 0.25) is 0 Å². The molecule has 1 aromatic carbocycles. The Morgan fingerprint density at radius 1 is 1.15 bits per heavy atom. The molecular formula is C12H12F3NO4. The molecular weight excluding hydrogens is 279 g/mol. The zero-order valence-electron chi connectivity index (χ0n) is 10.6. The van der Waals surface area contributed by atoms with Crippen LogP contribution in [0.3, 0.4) is 0 Å². The van der Waals surface area contributed by atoms with Crippen LogP contribution >= 0.6 is 0 Å². The van der Waals surface area contributed by atoms with Crippen LogP contribution in [-0.2, 0) is 4.74 Å². The number of H-pyrrole nitrogens is 1. The fraction of sp³-hybridized carbons (Fsp3) is 0.333. The minimum Gasteiger partial charge on any atom is -0.493 e.